The molecular weight excluding hydrogens is 488 g/mol. The molecule has 7 nitrogen and oxygen atoms in total. The number of piperidine rings is 1. The maximum absolute atomic E-state index is 13.7. The van der Waals surface area contributed by atoms with Gasteiger partial charge in [0.2, 0.25) is 5.91 Å². The van der Waals surface area contributed by atoms with Crippen molar-refractivity contribution >= 4 is 35.8 Å². The van der Waals surface area contributed by atoms with Crippen LogP contribution in [0.25, 0.3) is 0 Å². The number of carbonyl (C=O) groups excluding carboxylic acids is 1. The molecule has 2 rings (SSSR count). The maximum atomic E-state index is 13.7. The Hall–Kier alpha value is -1.62. The summed E-state index contributed by atoms with van der Waals surface area (Å²) in [6.45, 7) is 7.25. The number of para-hydroxylation sites is 1. The fourth-order valence-corrected chi connectivity index (χ4v) is 3.05. The molecule has 9 heteroatoms. The number of nitrogens with zero attached hydrogens (tertiary/aromatic N) is 2. The highest BCUT2D eigenvalue weighted by Gasteiger charge is 2.21. The predicted octanol–water partition coefficient (Wildman–Crippen LogP) is 1.98. The van der Waals surface area contributed by atoms with Crippen LogP contribution in [0.15, 0.2) is 29.3 Å². The van der Waals surface area contributed by atoms with Crippen LogP contribution in [-0.4, -0.2) is 68.7 Å². The SMILES string of the molecule is CCNC(=NCC(C)Oc1ccccc1F)NC1CCN(CC(=O)NC)CC1.I. The Morgan fingerprint density at radius 2 is 2.03 bits per heavy atom. The molecule has 29 heavy (non-hydrogen) atoms. The summed E-state index contributed by atoms with van der Waals surface area (Å²) >= 11 is 0. The molecule has 1 aromatic rings. The molecule has 3 N–H and O–H groups in total. The van der Waals surface area contributed by atoms with Gasteiger partial charge in [-0.1, -0.05) is 12.1 Å². The number of likely N-dealkylation sites (N-methyl/N-ethyl adjacent to an activating group) is 1. The minimum atomic E-state index is -0.369. The van der Waals surface area contributed by atoms with Gasteiger partial charge in [0.05, 0.1) is 13.1 Å². The van der Waals surface area contributed by atoms with E-state index in [0.717, 1.165) is 38.4 Å². The molecule has 0 radical (unpaired) electrons. The van der Waals surface area contributed by atoms with Crippen LogP contribution in [0.1, 0.15) is 26.7 Å². The number of aliphatic imine (C=N–C) groups is 1. The third kappa shape index (κ3) is 9.16. The monoisotopic (exact) mass is 521 g/mol. The van der Waals surface area contributed by atoms with Crippen LogP contribution in [-0.2, 0) is 4.79 Å². The van der Waals surface area contributed by atoms with E-state index >= 15 is 0 Å². The third-order valence-corrected chi connectivity index (χ3v) is 4.59. The predicted molar refractivity (Wildman–Crippen MR) is 125 cm³/mol. The second-order valence-electron chi connectivity index (χ2n) is 6.95. The van der Waals surface area contributed by atoms with Gasteiger partial charge in [0, 0.05) is 32.7 Å². The summed E-state index contributed by atoms with van der Waals surface area (Å²) in [4.78, 5) is 18.2. The zero-order chi connectivity index (χ0) is 20.4. The van der Waals surface area contributed by atoms with Crippen LogP contribution < -0.4 is 20.7 Å². The van der Waals surface area contributed by atoms with E-state index in [2.05, 4.69) is 25.8 Å². The van der Waals surface area contributed by atoms with E-state index in [1.165, 1.54) is 6.07 Å². The van der Waals surface area contributed by atoms with Crippen molar-refractivity contribution < 1.29 is 13.9 Å². The first-order valence-electron chi connectivity index (χ1n) is 9.90. The van der Waals surface area contributed by atoms with Gasteiger partial charge in [0.1, 0.15) is 6.10 Å². The van der Waals surface area contributed by atoms with Crippen molar-refractivity contribution in [2.75, 3.05) is 39.8 Å². The van der Waals surface area contributed by atoms with E-state index in [4.69, 9.17) is 4.74 Å². The second-order valence-corrected chi connectivity index (χ2v) is 6.95. The van der Waals surface area contributed by atoms with E-state index in [1.807, 2.05) is 13.8 Å². The molecule has 1 atom stereocenters. The van der Waals surface area contributed by atoms with Crippen molar-refractivity contribution in [1.82, 2.24) is 20.9 Å². The summed E-state index contributed by atoms with van der Waals surface area (Å²) in [7, 11) is 1.66. The zero-order valence-corrected chi connectivity index (χ0v) is 19.7. The summed E-state index contributed by atoms with van der Waals surface area (Å²) < 4.78 is 19.3. The zero-order valence-electron chi connectivity index (χ0n) is 17.4. The molecule has 0 spiro atoms. The van der Waals surface area contributed by atoms with Gasteiger partial charge >= 0.3 is 0 Å². The van der Waals surface area contributed by atoms with E-state index in [1.54, 1.807) is 25.2 Å². The van der Waals surface area contributed by atoms with Crippen molar-refractivity contribution in [3.8, 4) is 5.75 Å². The quantitative estimate of drug-likeness (QED) is 0.277. The summed E-state index contributed by atoms with van der Waals surface area (Å²) in [6, 6.07) is 6.69. The molecule has 0 saturated carbocycles. The molecule has 1 heterocycles. The van der Waals surface area contributed by atoms with Crippen molar-refractivity contribution in [2.45, 2.75) is 38.8 Å². The molecule has 1 fully saturated rings. The van der Waals surface area contributed by atoms with Gasteiger partial charge in [-0.15, -0.1) is 24.0 Å². The lowest BCUT2D eigenvalue weighted by Gasteiger charge is -2.32. The second kappa shape index (κ2) is 13.6. The topological polar surface area (TPSA) is 78.0 Å². The number of nitrogens with one attached hydrogen (secondary N) is 3. The van der Waals surface area contributed by atoms with Crippen molar-refractivity contribution in [1.29, 1.82) is 0 Å². The molecule has 1 unspecified atom stereocenters. The van der Waals surface area contributed by atoms with Crippen LogP contribution in [0, 0.1) is 5.82 Å². The number of likely N-dealkylation sites (tertiary alicyclic amines) is 1. The average molecular weight is 521 g/mol. The first-order valence-corrected chi connectivity index (χ1v) is 9.90. The molecule has 1 aliphatic heterocycles. The lowest BCUT2D eigenvalue weighted by molar-refractivity contribution is -0.122. The highest BCUT2D eigenvalue weighted by molar-refractivity contribution is 14.0. The number of rotatable bonds is 8. The van der Waals surface area contributed by atoms with Gasteiger partial charge in [0.25, 0.3) is 0 Å². The third-order valence-electron chi connectivity index (χ3n) is 4.59. The van der Waals surface area contributed by atoms with E-state index < -0.39 is 0 Å². The Kier molecular flexibility index (Phi) is 11.9. The Labute approximate surface area is 189 Å². The summed E-state index contributed by atoms with van der Waals surface area (Å²) in [5, 5.41) is 9.36. The number of benzene rings is 1. The largest absolute Gasteiger partial charge is 0.486 e. The van der Waals surface area contributed by atoms with Crippen molar-refractivity contribution in [3.05, 3.63) is 30.1 Å². The van der Waals surface area contributed by atoms with Crippen LogP contribution in [0.2, 0.25) is 0 Å². The lowest BCUT2D eigenvalue weighted by Crippen LogP contribution is -2.50. The molecule has 1 amide bonds. The highest BCUT2D eigenvalue weighted by Crippen LogP contribution is 2.17. The first-order chi connectivity index (χ1) is 13.5. The number of amides is 1. The summed E-state index contributed by atoms with van der Waals surface area (Å²) in [6.07, 6.45) is 1.65. The minimum Gasteiger partial charge on any atom is -0.486 e. The van der Waals surface area contributed by atoms with Crippen LogP contribution in [0.3, 0.4) is 0 Å². The number of halogens is 2. The van der Waals surface area contributed by atoms with E-state index in [-0.39, 0.29) is 47.6 Å². The number of guanidine groups is 1. The smallest absolute Gasteiger partial charge is 0.233 e. The number of hydrogen-bond donors (Lipinski definition) is 3. The Morgan fingerprint density at radius 1 is 1.34 bits per heavy atom. The minimum absolute atomic E-state index is 0. The van der Waals surface area contributed by atoms with E-state index in [0.29, 0.717) is 19.1 Å². The average Bonchev–Trinajstić information content (AvgIpc) is 2.69. The molecule has 0 aromatic heterocycles. The first kappa shape index (κ1) is 25.4. The van der Waals surface area contributed by atoms with Gasteiger partial charge in [-0.25, -0.2) is 9.38 Å². The number of hydrogen-bond acceptors (Lipinski definition) is 4. The normalized spacial score (nSPS) is 16.5. The number of ether oxygens (including phenoxy) is 1. The van der Waals surface area contributed by atoms with Gasteiger partial charge < -0.3 is 20.7 Å². The number of carbonyl (C=O) groups is 1. The molecule has 164 valence electrons. The molecule has 1 saturated heterocycles. The summed E-state index contributed by atoms with van der Waals surface area (Å²) in [5.41, 5.74) is 0. The fraction of sp³-hybridized carbons (Fsp3) is 0.600. The Balaban J connectivity index is 0.00000420. The molecule has 1 aliphatic rings. The molecule has 0 aliphatic carbocycles. The molecule has 1 aromatic carbocycles. The highest BCUT2D eigenvalue weighted by atomic mass is 127. The molecule has 0 bridgehead atoms. The lowest BCUT2D eigenvalue weighted by atomic mass is 10.1. The van der Waals surface area contributed by atoms with Crippen LogP contribution in [0.5, 0.6) is 5.75 Å². The maximum Gasteiger partial charge on any atom is 0.233 e. The van der Waals surface area contributed by atoms with Gasteiger partial charge in [-0.2, -0.15) is 0 Å². The Bertz CT molecular complexity index is 654. The standard InChI is InChI=1S/C20H32FN5O2.HI/c1-4-23-20(24-13-15(2)28-18-8-6-5-7-17(18)21)25-16-9-11-26(12-10-16)14-19(27)22-3;/h5-8,15-16H,4,9-14H2,1-3H3,(H,22,27)(H2,23,24,25);1H. The fourth-order valence-electron chi connectivity index (χ4n) is 3.05. The van der Waals surface area contributed by atoms with Gasteiger partial charge in [-0.05, 0) is 38.8 Å². The van der Waals surface area contributed by atoms with Gasteiger partial charge in [-0.3, -0.25) is 9.69 Å². The Morgan fingerprint density at radius 3 is 2.66 bits per heavy atom. The molecular formula is C20H33FIN5O2. The van der Waals surface area contributed by atoms with E-state index in [9.17, 15) is 9.18 Å². The van der Waals surface area contributed by atoms with Gasteiger partial charge in [0.15, 0.2) is 17.5 Å². The summed E-state index contributed by atoms with van der Waals surface area (Å²) in [5.74, 6) is 0.653. The van der Waals surface area contributed by atoms with Crippen LogP contribution in [0.4, 0.5) is 4.39 Å². The van der Waals surface area contributed by atoms with Crippen LogP contribution >= 0.6 is 24.0 Å². The van der Waals surface area contributed by atoms with Crippen molar-refractivity contribution in [2.24, 2.45) is 4.99 Å². The van der Waals surface area contributed by atoms with Crippen molar-refractivity contribution in [3.63, 3.8) is 0 Å².